The third-order valence-corrected chi connectivity index (χ3v) is 4.02. The van der Waals surface area contributed by atoms with E-state index in [4.69, 9.17) is 4.74 Å². The Morgan fingerprint density at radius 1 is 1.30 bits per heavy atom. The van der Waals surface area contributed by atoms with E-state index in [0.29, 0.717) is 5.75 Å². The number of carbonyl (C=O) groups excluding carboxylic acids is 1. The van der Waals surface area contributed by atoms with Crippen molar-refractivity contribution in [1.29, 1.82) is 0 Å². The Morgan fingerprint density at radius 3 is 2.55 bits per heavy atom. The first-order valence-electron chi connectivity index (χ1n) is 7.27. The highest BCUT2D eigenvalue weighted by atomic mass is 16.5. The number of hydrogen-bond acceptors (Lipinski definition) is 2. The normalized spacial score (nSPS) is 22.5. The van der Waals surface area contributed by atoms with Crippen LogP contribution in [0.2, 0.25) is 0 Å². The van der Waals surface area contributed by atoms with Gasteiger partial charge in [0.2, 0.25) is 0 Å². The summed E-state index contributed by atoms with van der Waals surface area (Å²) in [6.45, 7) is 6.23. The molecule has 4 heteroatoms. The van der Waals surface area contributed by atoms with E-state index in [9.17, 15) is 4.79 Å². The van der Waals surface area contributed by atoms with Crippen molar-refractivity contribution in [2.75, 3.05) is 12.4 Å². The van der Waals surface area contributed by atoms with Gasteiger partial charge in [0.1, 0.15) is 5.75 Å². The van der Waals surface area contributed by atoms with Gasteiger partial charge in [0.15, 0.2) is 0 Å². The van der Waals surface area contributed by atoms with Gasteiger partial charge in [0.25, 0.3) is 0 Å². The first-order chi connectivity index (χ1) is 9.52. The van der Waals surface area contributed by atoms with Gasteiger partial charge < -0.3 is 15.0 Å². The van der Waals surface area contributed by atoms with E-state index in [2.05, 4.69) is 19.2 Å². The van der Waals surface area contributed by atoms with Crippen LogP contribution in [0, 0.1) is 6.92 Å². The Bertz CT molecular complexity index is 477. The maximum Gasteiger partial charge on any atom is 0.322 e. The molecule has 1 aromatic carbocycles. The molecule has 1 heterocycles. The molecule has 0 saturated carbocycles. The summed E-state index contributed by atoms with van der Waals surface area (Å²) in [5.41, 5.74) is 1.84. The minimum absolute atomic E-state index is 0.0337. The molecule has 1 aliphatic heterocycles. The molecular formula is C16H24N2O2. The van der Waals surface area contributed by atoms with Crippen LogP contribution >= 0.6 is 0 Å². The Kier molecular flexibility index (Phi) is 4.53. The highest BCUT2D eigenvalue weighted by Crippen LogP contribution is 2.28. The lowest BCUT2D eigenvalue weighted by Crippen LogP contribution is -2.49. The molecule has 2 rings (SSSR count). The van der Waals surface area contributed by atoms with Gasteiger partial charge in [0.05, 0.1) is 12.8 Å². The van der Waals surface area contributed by atoms with Gasteiger partial charge in [0, 0.05) is 12.1 Å². The Balaban J connectivity index is 2.16. The third-order valence-electron chi connectivity index (χ3n) is 4.02. The number of carbonyl (C=O) groups is 1. The van der Waals surface area contributed by atoms with E-state index in [1.165, 1.54) is 6.42 Å². The van der Waals surface area contributed by atoms with Gasteiger partial charge in [-0.2, -0.15) is 0 Å². The summed E-state index contributed by atoms with van der Waals surface area (Å²) in [6, 6.07) is 6.34. The van der Waals surface area contributed by atoms with Crippen molar-refractivity contribution in [3.8, 4) is 5.75 Å². The number of amides is 2. The van der Waals surface area contributed by atoms with E-state index in [1.807, 2.05) is 30.0 Å². The van der Waals surface area contributed by atoms with Crippen LogP contribution in [0.15, 0.2) is 18.2 Å². The number of hydrogen-bond donors (Lipinski definition) is 1. The predicted octanol–water partition coefficient (Wildman–Crippen LogP) is 3.80. The van der Waals surface area contributed by atoms with Crippen molar-refractivity contribution in [3.05, 3.63) is 23.8 Å². The molecule has 2 atom stereocenters. The maximum absolute atomic E-state index is 12.5. The fourth-order valence-electron chi connectivity index (χ4n) is 2.92. The number of likely N-dealkylation sites (tertiary alicyclic amines) is 1. The van der Waals surface area contributed by atoms with Crippen LogP contribution in [-0.2, 0) is 0 Å². The summed E-state index contributed by atoms with van der Waals surface area (Å²) in [5.74, 6) is 0.696. The van der Waals surface area contributed by atoms with E-state index in [0.717, 1.165) is 24.1 Å². The van der Waals surface area contributed by atoms with E-state index in [1.54, 1.807) is 7.11 Å². The molecule has 0 bridgehead atoms. The van der Waals surface area contributed by atoms with E-state index < -0.39 is 0 Å². The molecule has 1 saturated heterocycles. The minimum Gasteiger partial charge on any atom is -0.495 e. The van der Waals surface area contributed by atoms with Crippen molar-refractivity contribution < 1.29 is 9.53 Å². The molecule has 1 N–H and O–H groups in total. The smallest absolute Gasteiger partial charge is 0.322 e. The van der Waals surface area contributed by atoms with Crippen molar-refractivity contribution in [1.82, 2.24) is 4.90 Å². The number of piperidine rings is 1. The standard InChI is InChI=1S/C16H24N2O2/c1-11-8-9-15(20-4)14(10-11)17-16(19)18-12(2)6-5-7-13(18)3/h8-10,12-13H,5-7H2,1-4H3,(H,17,19)/t12-,13+. The summed E-state index contributed by atoms with van der Waals surface area (Å²) in [5, 5.41) is 2.99. The van der Waals surface area contributed by atoms with Crippen LogP contribution < -0.4 is 10.1 Å². The average molecular weight is 276 g/mol. The summed E-state index contributed by atoms with van der Waals surface area (Å²) >= 11 is 0. The van der Waals surface area contributed by atoms with E-state index in [-0.39, 0.29) is 18.1 Å². The zero-order valence-electron chi connectivity index (χ0n) is 12.8. The molecule has 0 radical (unpaired) electrons. The second-order valence-corrected chi connectivity index (χ2v) is 5.67. The molecule has 0 aromatic heterocycles. The number of rotatable bonds is 2. The minimum atomic E-state index is -0.0337. The number of aryl methyl sites for hydroxylation is 1. The zero-order valence-corrected chi connectivity index (χ0v) is 12.8. The fraction of sp³-hybridized carbons (Fsp3) is 0.562. The number of nitrogens with one attached hydrogen (secondary N) is 1. The highest BCUT2D eigenvalue weighted by molar-refractivity contribution is 5.91. The second kappa shape index (κ2) is 6.16. The Morgan fingerprint density at radius 2 is 1.95 bits per heavy atom. The lowest BCUT2D eigenvalue weighted by atomic mass is 9.98. The number of ether oxygens (including phenoxy) is 1. The molecule has 4 nitrogen and oxygen atoms in total. The van der Waals surface area contributed by atoms with Crippen LogP contribution in [0.5, 0.6) is 5.75 Å². The summed E-state index contributed by atoms with van der Waals surface area (Å²) < 4.78 is 5.31. The number of anilines is 1. The number of methoxy groups -OCH3 is 1. The quantitative estimate of drug-likeness (QED) is 0.892. The molecule has 0 unspecified atom stereocenters. The molecule has 20 heavy (non-hydrogen) atoms. The molecule has 1 fully saturated rings. The maximum atomic E-state index is 12.5. The zero-order chi connectivity index (χ0) is 14.7. The van der Waals surface area contributed by atoms with Crippen molar-refractivity contribution in [3.63, 3.8) is 0 Å². The van der Waals surface area contributed by atoms with E-state index >= 15 is 0 Å². The largest absolute Gasteiger partial charge is 0.495 e. The topological polar surface area (TPSA) is 41.6 Å². The second-order valence-electron chi connectivity index (χ2n) is 5.67. The van der Waals surface area contributed by atoms with Crippen LogP contribution in [0.3, 0.4) is 0 Å². The van der Waals surface area contributed by atoms with Gasteiger partial charge in [-0.1, -0.05) is 6.07 Å². The lowest BCUT2D eigenvalue weighted by Gasteiger charge is -2.39. The van der Waals surface area contributed by atoms with Crippen LogP contribution in [0.1, 0.15) is 38.7 Å². The van der Waals surface area contributed by atoms with Gasteiger partial charge in [-0.25, -0.2) is 4.79 Å². The molecular weight excluding hydrogens is 252 g/mol. The van der Waals surface area contributed by atoms with Crippen LogP contribution in [-0.4, -0.2) is 30.1 Å². The van der Waals surface area contributed by atoms with Gasteiger partial charge in [-0.3, -0.25) is 0 Å². The first kappa shape index (κ1) is 14.7. The van der Waals surface area contributed by atoms with Crippen molar-refractivity contribution in [2.24, 2.45) is 0 Å². The van der Waals surface area contributed by atoms with Crippen molar-refractivity contribution >= 4 is 11.7 Å². The predicted molar refractivity (Wildman–Crippen MR) is 81.4 cm³/mol. The van der Waals surface area contributed by atoms with Crippen LogP contribution in [0.4, 0.5) is 10.5 Å². The molecule has 110 valence electrons. The van der Waals surface area contributed by atoms with Crippen LogP contribution in [0.25, 0.3) is 0 Å². The number of nitrogens with zero attached hydrogens (tertiary/aromatic N) is 1. The van der Waals surface area contributed by atoms with Gasteiger partial charge >= 0.3 is 6.03 Å². The molecule has 1 aliphatic rings. The molecule has 2 amide bonds. The first-order valence-corrected chi connectivity index (χ1v) is 7.27. The molecule has 1 aromatic rings. The highest BCUT2D eigenvalue weighted by Gasteiger charge is 2.29. The lowest BCUT2D eigenvalue weighted by molar-refractivity contribution is 0.133. The number of benzene rings is 1. The third kappa shape index (κ3) is 3.06. The SMILES string of the molecule is COc1ccc(C)cc1NC(=O)N1[C@H](C)CCC[C@@H]1C. The summed E-state index contributed by atoms with van der Waals surface area (Å²) in [4.78, 5) is 14.5. The Labute approximate surface area is 121 Å². The monoisotopic (exact) mass is 276 g/mol. The van der Waals surface area contributed by atoms with Gasteiger partial charge in [-0.15, -0.1) is 0 Å². The van der Waals surface area contributed by atoms with Crippen molar-refractivity contribution in [2.45, 2.75) is 52.1 Å². The van der Waals surface area contributed by atoms with Gasteiger partial charge in [-0.05, 0) is 57.7 Å². The summed E-state index contributed by atoms with van der Waals surface area (Å²) in [7, 11) is 1.62. The Hall–Kier alpha value is -1.71. The summed E-state index contributed by atoms with van der Waals surface area (Å²) in [6.07, 6.45) is 3.34. The number of urea groups is 1. The molecule has 0 aliphatic carbocycles. The average Bonchev–Trinajstić information content (AvgIpc) is 2.38. The molecule has 0 spiro atoms. The fourth-order valence-corrected chi connectivity index (χ4v) is 2.92.